The molecule has 7 heteroatoms. The molecule has 6 nitrogen and oxygen atoms in total. The van der Waals surface area contributed by atoms with Crippen LogP contribution in [0.5, 0.6) is 0 Å². The number of hydrogen-bond donors (Lipinski definition) is 1. The van der Waals surface area contributed by atoms with Gasteiger partial charge in [0.1, 0.15) is 0 Å². The third-order valence-corrected chi connectivity index (χ3v) is 5.66. The average Bonchev–Trinajstić information content (AvgIpc) is 3.34. The van der Waals surface area contributed by atoms with Crippen molar-refractivity contribution in [2.45, 2.75) is 26.2 Å². The van der Waals surface area contributed by atoms with Crippen molar-refractivity contribution in [3.63, 3.8) is 0 Å². The molecule has 4 rings (SSSR count). The molecule has 3 aromatic rings. The number of aryl methyl sites for hydroxylation is 1. The predicted octanol–water partition coefficient (Wildman–Crippen LogP) is 4.59. The van der Waals surface area contributed by atoms with Crippen LogP contribution in [-0.2, 0) is 6.42 Å². The fourth-order valence-corrected chi connectivity index (χ4v) is 4.08. The topological polar surface area (TPSA) is 71.3 Å². The van der Waals surface area contributed by atoms with Crippen LogP contribution in [-0.4, -0.2) is 34.2 Å². The quantitative estimate of drug-likeness (QED) is 0.716. The minimum absolute atomic E-state index is 0.0340. The first kappa shape index (κ1) is 17.7. The molecule has 1 atom stereocenters. The van der Waals surface area contributed by atoms with Gasteiger partial charge in [-0.25, -0.2) is 4.79 Å². The number of benzene rings is 1. The number of likely N-dealkylation sites (tertiary alicyclic amines) is 1. The SMILES string of the molecule is Cc1ccccc1-c1noc(C[C@H]2CCCN(C(=O)Nc3cccs3)C2)n1. The molecule has 0 radical (unpaired) electrons. The second-order valence-electron chi connectivity index (χ2n) is 6.89. The maximum Gasteiger partial charge on any atom is 0.322 e. The molecule has 2 aromatic heterocycles. The number of amides is 2. The van der Waals surface area contributed by atoms with E-state index in [0.29, 0.717) is 30.6 Å². The lowest BCUT2D eigenvalue weighted by atomic mass is 9.95. The molecule has 1 aromatic carbocycles. The van der Waals surface area contributed by atoms with Gasteiger partial charge in [0.25, 0.3) is 0 Å². The summed E-state index contributed by atoms with van der Waals surface area (Å²) in [7, 11) is 0. The fourth-order valence-electron chi connectivity index (χ4n) is 3.47. The molecule has 1 fully saturated rings. The molecule has 3 heterocycles. The van der Waals surface area contributed by atoms with Gasteiger partial charge in [0.15, 0.2) is 0 Å². The third kappa shape index (κ3) is 4.19. The molecule has 140 valence electrons. The molecule has 2 amide bonds. The summed E-state index contributed by atoms with van der Waals surface area (Å²) < 4.78 is 5.48. The Labute approximate surface area is 162 Å². The lowest BCUT2D eigenvalue weighted by molar-refractivity contribution is 0.173. The van der Waals surface area contributed by atoms with E-state index in [1.165, 1.54) is 11.3 Å². The molecule has 1 N–H and O–H groups in total. The third-order valence-electron chi connectivity index (χ3n) is 4.87. The molecule has 27 heavy (non-hydrogen) atoms. The maximum absolute atomic E-state index is 12.5. The van der Waals surface area contributed by atoms with Crippen LogP contribution in [0.2, 0.25) is 0 Å². The van der Waals surface area contributed by atoms with Crippen molar-refractivity contribution in [3.05, 3.63) is 53.2 Å². The van der Waals surface area contributed by atoms with E-state index in [1.807, 2.05) is 53.6 Å². The predicted molar refractivity (Wildman–Crippen MR) is 106 cm³/mol. The molecule has 0 unspecified atom stereocenters. The van der Waals surface area contributed by atoms with Gasteiger partial charge in [0, 0.05) is 25.1 Å². The second-order valence-corrected chi connectivity index (χ2v) is 7.84. The van der Waals surface area contributed by atoms with Gasteiger partial charge in [-0.15, -0.1) is 11.3 Å². The van der Waals surface area contributed by atoms with Gasteiger partial charge in [0.2, 0.25) is 11.7 Å². The largest absolute Gasteiger partial charge is 0.339 e. The smallest absolute Gasteiger partial charge is 0.322 e. The Hall–Kier alpha value is -2.67. The number of hydrogen-bond acceptors (Lipinski definition) is 5. The summed E-state index contributed by atoms with van der Waals surface area (Å²) in [5, 5.41) is 9.93. The van der Waals surface area contributed by atoms with Crippen molar-refractivity contribution >= 4 is 22.4 Å². The first-order valence-corrected chi connectivity index (χ1v) is 10.0. The Balaban J connectivity index is 1.38. The van der Waals surface area contributed by atoms with Crippen LogP contribution in [0.1, 0.15) is 24.3 Å². The second kappa shape index (κ2) is 7.92. The van der Waals surface area contributed by atoms with E-state index in [0.717, 1.165) is 35.5 Å². The zero-order valence-electron chi connectivity index (χ0n) is 15.2. The summed E-state index contributed by atoms with van der Waals surface area (Å²) in [4.78, 5) is 18.9. The van der Waals surface area contributed by atoms with Crippen molar-refractivity contribution in [1.82, 2.24) is 15.0 Å². The van der Waals surface area contributed by atoms with Crippen molar-refractivity contribution in [3.8, 4) is 11.4 Å². The van der Waals surface area contributed by atoms with Gasteiger partial charge in [-0.2, -0.15) is 4.98 Å². The number of aromatic nitrogens is 2. The Morgan fingerprint density at radius 1 is 1.33 bits per heavy atom. The highest BCUT2D eigenvalue weighted by molar-refractivity contribution is 7.14. The lowest BCUT2D eigenvalue weighted by Crippen LogP contribution is -2.42. The molecule has 0 saturated carbocycles. The van der Waals surface area contributed by atoms with Gasteiger partial charge in [-0.3, -0.25) is 5.32 Å². The first-order chi connectivity index (χ1) is 13.2. The number of nitrogens with one attached hydrogen (secondary N) is 1. The Morgan fingerprint density at radius 2 is 2.22 bits per heavy atom. The van der Waals surface area contributed by atoms with Gasteiger partial charge in [-0.1, -0.05) is 29.4 Å². The van der Waals surface area contributed by atoms with Crippen LogP contribution < -0.4 is 5.32 Å². The van der Waals surface area contributed by atoms with Gasteiger partial charge in [0.05, 0.1) is 5.00 Å². The van der Waals surface area contributed by atoms with E-state index in [4.69, 9.17) is 4.52 Å². The van der Waals surface area contributed by atoms with Crippen LogP contribution in [0.15, 0.2) is 46.3 Å². The highest BCUT2D eigenvalue weighted by atomic mass is 32.1. The zero-order chi connectivity index (χ0) is 18.6. The zero-order valence-corrected chi connectivity index (χ0v) is 16.0. The molecule has 0 bridgehead atoms. The van der Waals surface area contributed by atoms with Crippen LogP contribution in [0.25, 0.3) is 11.4 Å². The molecule has 1 aliphatic rings. The van der Waals surface area contributed by atoms with Crippen molar-refractivity contribution in [2.75, 3.05) is 18.4 Å². The number of anilines is 1. The molecular formula is C20H22N4O2S. The van der Waals surface area contributed by atoms with E-state index < -0.39 is 0 Å². The summed E-state index contributed by atoms with van der Waals surface area (Å²) in [5.74, 6) is 1.60. The van der Waals surface area contributed by atoms with Crippen LogP contribution >= 0.6 is 11.3 Å². The van der Waals surface area contributed by atoms with Gasteiger partial charge < -0.3 is 9.42 Å². The molecular weight excluding hydrogens is 360 g/mol. The first-order valence-electron chi connectivity index (χ1n) is 9.17. The average molecular weight is 382 g/mol. The molecule has 0 spiro atoms. The maximum atomic E-state index is 12.5. The Bertz CT molecular complexity index is 906. The van der Waals surface area contributed by atoms with Gasteiger partial charge >= 0.3 is 6.03 Å². The number of urea groups is 1. The highest BCUT2D eigenvalue weighted by Crippen LogP contribution is 2.24. The summed E-state index contributed by atoms with van der Waals surface area (Å²) in [5.41, 5.74) is 2.12. The van der Waals surface area contributed by atoms with Crippen LogP contribution in [0.3, 0.4) is 0 Å². The van der Waals surface area contributed by atoms with E-state index in [-0.39, 0.29) is 6.03 Å². The van der Waals surface area contributed by atoms with E-state index in [9.17, 15) is 4.79 Å². The minimum Gasteiger partial charge on any atom is -0.339 e. The number of thiophene rings is 1. The summed E-state index contributed by atoms with van der Waals surface area (Å²) >= 11 is 1.53. The van der Waals surface area contributed by atoms with Crippen LogP contribution in [0, 0.1) is 12.8 Å². The standard InChI is InChI=1S/C20H22N4O2S/c1-14-6-2-3-8-16(14)19-21-17(26-23-19)12-15-7-4-10-24(13-15)20(25)22-18-9-5-11-27-18/h2-3,5-6,8-9,11,15H,4,7,10,12-13H2,1H3,(H,22,25)/t15-/m1/s1. The summed E-state index contributed by atoms with van der Waals surface area (Å²) in [6.45, 7) is 3.53. The van der Waals surface area contributed by atoms with Crippen molar-refractivity contribution < 1.29 is 9.32 Å². The minimum atomic E-state index is -0.0340. The van der Waals surface area contributed by atoms with E-state index >= 15 is 0 Å². The Kier molecular flexibility index (Phi) is 5.20. The molecule has 1 aliphatic heterocycles. The van der Waals surface area contributed by atoms with Crippen LogP contribution in [0.4, 0.5) is 9.80 Å². The highest BCUT2D eigenvalue weighted by Gasteiger charge is 2.26. The number of rotatable bonds is 4. The monoisotopic (exact) mass is 382 g/mol. The van der Waals surface area contributed by atoms with Crippen molar-refractivity contribution in [2.24, 2.45) is 5.92 Å². The molecule has 0 aliphatic carbocycles. The Morgan fingerprint density at radius 3 is 3.04 bits per heavy atom. The molecule has 1 saturated heterocycles. The number of piperidine rings is 1. The normalized spacial score (nSPS) is 17.1. The summed E-state index contributed by atoms with van der Waals surface area (Å²) in [6.07, 6.45) is 2.74. The number of nitrogens with zero attached hydrogens (tertiary/aromatic N) is 3. The van der Waals surface area contributed by atoms with E-state index in [1.54, 1.807) is 0 Å². The number of carbonyl (C=O) groups is 1. The van der Waals surface area contributed by atoms with E-state index in [2.05, 4.69) is 15.5 Å². The fraction of sp³-hybridized carbons (Fsp3) is 0.350. The summed E-state index contributed by atoms with van der Waals surface area (Å²) in [6, 6.07) is 11.8. The number of carbonyl (C=O) groups excluding carboxylic acids is 1. The van der Waals surface area contributed by atoms with Crippen molar-refractivity contribution in [1.29, 1.82) is 0 Å². The lowest BCUT2D eigenvalue weighted by Gasteiger charge is -2.32. The van der Waals surface area contributed by atoms with Gasteiger partial charge in [-0.05, 0) is 48.8 Å².